The highest BCUT2D eigenvalue weighted by molar-refractivity contribution is 7.86. The monoisotopic (exact) mass is 464 g/mol. The minimum atomic E-state index is -6.09. The molecule has 4 aromatic rings. The second kappa shape index (κ2) is 8.23. The largest absolute Gasteiger partial charge is 0.741 e. The number of benzene rings is 3. The fourth-order valence-corrected chi connectivity index (χ4v) is 3.41. The molecule has 4 rings (SSSR count). The van der Waals surface area contributed by atoms with E-state index in [2.05, 4.69) is 93.7 Å². The standard InChI is InChI=1S/C22H23N2.CHF3O3S/c1-15-13-19(16-9-11-17(12-10-16)24(2,3)4)22-20(14-15)18-7-5-6-8-21(18)23-22;2-1(3,4)8(5,6)7/h5-14,23H,1-4H3;(H,5,6,7)/q+1;/p-1. The number of rotatable bonds is 2. The van der Waals surface area contributed by atoms with Gasteiger partial charge < -0.3 is 9.54 Å². The summed E-state index contributed by atoms with van der Waals surface area (Å²) in [5, 5.41) is 2.59. The molecule has 0 amide bonds. The van der Waals surface area contributed by atoms with Crippen molar-refractivity contribution in [3.63, 3.8) is 0 Å². The smallest absolute Gasteiger partial charge is 0.485 e. The van der Waals surface area contributed by atoms with Crippen molar-refractivity contribution in [3.05, 3.63) is 66.2 Å². The van der Waals surface area contributed by atoms with E-state index in [4.69, 9.17) is 13.0 Å². The van der Waals surface area contributed by atoms with Gasteiger partial charge in [-0.1, -0.05) is 18.2 Å². The topological polar surface area (TPSA) is 73.0 Å². The number of nitrogens with zero attached hydrogens (tertiary/aromatic N) is 1. The molecule has 0 unspecified atom stereocenters. The van der Waals surface area contributed by atoms with E-state index in [0.29, 0.717) is 0 Å². The van der Waals surface area contributed by atoms with Crippen LogP contribution in [0, 0.1) is 6.92 Å². The Hall–Kier alpha value is -2.88. The minimum Gasteiger partial charge on any atom is -0.741 e. The third kappa shape index (κ3) is 4.95. The van der Waals surface area contributed by atoms with Gasteiger partial charge in [0.05, 0.1) is 26.7 Å². The molecule has 0 saturated heterocycles. The van der Waals surface area contributed by atoms with Crippen molar-refractivity contribution in [2.45, 2.75) is 12.4 Å². The van der Waals surface area contributed by atoms with Crippen LogP contribution >= 0.6 is 0 Å². The molecule has 0 atom stereocenters. The Bertz CT molecular complexity index is 1370. The first-order valence-electron chi connectivity index (χ1n) is 9.64. The van der Waals surface area contributed by atoms with Crippen molar-refractivity contribution in [1.82, 2.24) is 9.47 Å². The third-order valence-corrected chi connectivity index (χ3v) is 5.56. The number of hydrogen-bond acceptors (Lipinski definition) is 3. The second-order valence-electron chi connectivity index (χ2n) is 8.36. The molecule has 0 aliphatic rings. The molecule has 0 aliphatic carbocycles. The van der Waals surface area contributed by atoms with Crippen molar-refractivity contribution in [3.8, 4) is 11.1 Å². The first kappa shape index (κ1) is 23.8. The molecule has 3 aromatic carbocycles. The van der Waals surface area contributed by atoms with Gasteiger partial charge in [0.25, 0.3) is 0 Å². The van der Waals surface area contributed by atoms with Gasteiger partial charge in [0.2, 0.25) is 0 Å². The zero-order chi connectivity index (χ0) is 23.9. The lowest BCUT2D eigenvalue weighted by atomic mass is 9.99. The van der Waals surface area contributed by atoms with Crippen molar-refractivity contribution in [1.29, 1.82) is 0 Å². The Balaban J connectivity index is 0.000000312. The van der Waals surface area contributed by atoms with E-state index in [1.807, 2.05) is 0 Å². The van der Waals surface area contributed by atoms with E-state index in [1.54, 1.807) is 0 Å². The van der Waals surface area contributed by atoms with Crippen LogP contribution in [0.15, 0.2) is 60.7 Å². The Morgan fingerprint density at radius 3 is 2.00 bits per heavy atom. The van der Waals surface area contributed by atoms with Crippen LogP contribution in [0.2, 0.25) is 0 Å². The van der Waals surface area contributed by atoms with Crippen LogP contribution in [-0.4, -0.2) is 44.6 Å². The summed E-state index contributed by atoms with van der Waals surface area (Å²) >= 11 is 0. The van der Waals surface area contributed by atoms with Gasteiger partial charge in [0.1, 0.15) is 5.69 Å². The highest BCUT2D eigenvalue weighted by Gasteiger charge is 2.36. The van der Waals surface area contributed by atoms with Gasteiger partial charge in [-0.05, 0) is 60.5 Å². The summed E-state index contributed by atoms with van der Waals surface area (Å²) in [6.07, 6.45) is 0. The molecule has 1 aromatic heterocycles. The summed E-state index contributed by atoms with van der Waals surface area (Å²) in [5.74, 6) is 0. The van der Waals surface area contributed by atoms with Crippen LogP contribution in [0.4, 0.5) is 18.9 Å². The minimum absolute atomic E-state index is 0.829. The zero-order valence-electron chi connectivity index (χ0n) is 18.0. The number of hydrogen-bond donors (Lipinski definition) is 1. The molecule has 1 heterocycles. The number of quaternary nitrogens is 1. The molecule has 0 spiro atoms. The van der Waals surface area contributed by atoms with Crippen LogP contribution < -0.4 is 4.48 Å². The highest BCUT2D eigenvalue weighted by Crippen LogP contribution is 2.35. The maximum Gasteiger partial charge on any atom is 0.485 e. The first-order chi connectivity index (χ1) is 14.7. The summed E-state index contributed by atoms with van der Waals surface area (Å²) in [7, 11) is 0.486. The predicted octanol–water partition coefficient (Wildman–Crippen LogP) is 5.54. The van der Waals surface area contributed by atoms with Gasteiger partial charge in [-0.25, -0.2) is 8.42 Å². The van der Waals surface area contributed by atoms with E-state index in [-0.39, 0.29) is 0 Å². The maximum absolute atomic E-state index is 10.7. The molecule has 32 heavy (non-hydrogen) atoms. The molecule has 0 fully saturated rings. The van der Waals surface area contributed by atoms with Crippen molar-refractivity contribution in [2.75, 3.05) is 21.1 Å². The molecule has 1 N–H and O–H groups in total. The lowest BCUT2D eigenvalue weighted by Gasteiger charge is -2.23. The number of aromatic nitrogens is 1. The molecule has 0 saturated carbocycles. The van der Waals surface area contributed by atoms with Gasteiger partial charge in [0, 0.05) is 21.9 Å². The number of aryl methyl sites for hydroxylation is 1. The van der Waals surface area contributed by atoms with Crippen molar-refractivity contribution in [2.24, 2.45) is 0 Å². The average molecular weight is 465 g/mol. The number of para-hydroxylation sites is 1. The van der Waals surface area contributed by atoms with E-state index < -0.39 is 15.6 Å². The number of nitrogens with one attached hydrogen (secondary N) is 1. The number of alkyl halides is 3. The highest BCUT2D eigenvalue weighted by atomic mass is 32.2. The molecule has 9 heteroatoms. The number of H-pyrrole nitrogens is 1. The zero-order valence-corrected chi connectivity index (χ0v) is 18.8. The van der Waals surface area contributed by atoms with Gasteiger partial charge in [-0.15, -0.1) is 0 Å². The van der Waals surface area contributed by atoms with Crippen LogP contribution in [0.25, 0.3) is 32.9 Å². The summed E-state index contributed by atoms with van der Waals surface area (Å²) in [5.41, 5.74) is 1.90. The SMILES string of the molecule is Cc1cc(-c2ccc([N+](C)(C)C)cc2)c2[nH]c3ccccc3c2c1.O=S(=O)([O-])C(F)(F)F. The lowest BCUT2D eigenvalue weighted by Crippen LogP contribution is -2.34. The van der Waals surface area contributed by atoms with Gasteiger partial charge >= 0.3 is 5.51 Å². The number of aromatic amines is 1. The van der Waals surface area contributed by atoms with E-state index in [1.165, 1.54) is 44.2 Å². The van der Waals surface area contributed by atoms with E-state index >= 15 is 0 Å². The maximum atomic E-state index is 10.7. The molecule has 0 radical (unpaired) electrons. The van der Waals surface area contributed by atoms with Crippen LogP contribution in [-0.2, 0) is 10.1 Å². The van der Waals surface area contributed by atoms with Crippen molar-refractivity contribution >= 4 is 37.6 Å². The van der Waals surface area contributed by atoms with Crippen molar-refractivity contribution < 1.29 is 26.1 Å². The Kier molecular flexibility index (Phi) is 6.12. The summed E-state index contributed by atoms with van der Waals surface area (Å²) < 4.78 is 59.7. The first-order valence-corrected chi connectivity index (χ1v) is 11.0. The van der Waals surface area contributed by atoms with Crippen LogP contribution in [0.5, 0.6) is 0 Å². The molecule has 0 bridgehead atoms. The van der Waals surface area contributed by atoms with Gasteiger partial charge in [-0.3, -0.25) is 4.48 Å². The van der Waals surface area contributed by atoms with Crippen LogP contribution in [0.3, 0.4) is 0 Å². The predicted molar refractivity (Wildman–Crippen MR) is 121 cm³/mol. The summed E-state index contributed by atoms with van der Waals surface area (Å²) in [6, 6.07) is 22.0. The third-order valence-electron chi connectivity index (χ3n) is 5.00. The fourth-order valence-electron chi connectivity index (χ4n) is 3.41. The van der Waals surface area contributed by atoms with Gasteiger partial charge in [-0.2, -0.15) is 13.2 Å². The fraction of sp³-hybridized carbons (Fsp3) is 0.217. The second-order valence-corrected chi connectivity index (χ2v) is 9.74. The van der Waals surface area contributed by atoms with E-state index in [0.717, 1.165) is 4.48 Å². The summed E-state index contributed by atoms with van der Waals surface area (Å²) in [4.78, 5) is 3.61. The van der Waals surface area contributed by atoms with Crippen LogP contribution in [0.1, 0.15) is 5.56 Å². The molecule has 170 valence electrons. The molecule has 5 nitrogen and oxygen atoms in total. The Morgan fingerprint density at radius 1 is 0.906 bits per heavy atom. The normalized spacial score (nSPS) is 12.6. The average Bonchev–Trinajstić information content (AvgIpc) is 3.04. The molecular formula is C23H23F3N2O3S. The van der Waals surface area contributed by atoms with Gasteiger partial charge in [0.15, 0.2) is 10.1 Å². The molecular weight excluding hydrogens is 441 g/mol. The lowest BCUT2D eigenvalue weighted by molar-refractivity contribution is -0.0517. The Labute approximate surface area is 184 Å². The number of fused-ring (bicyclic) bond motifs is 3. The van der Waals surface area contributed by atoms with E-state index in [9.17, 15) is 13.2 Å². The molecule has 0 aliphatic heterocycles. The Morgan fingerprint density at radius 2 is 1.47 bits per heavy atom. The number of halogens is 3. The quantitative estimate of drug-likeness (QED) is 0.240. The summed E-state index contributed by atoms with van der Waals surface area (Å²) in [6.45, 7) is 2.17.